The van der Waals surface area contributed by atoms with Crippen molar-refractivity contribution in [3.8, 4) is 16.9 Å². The van der Waals surface area contributed by atoms with E-state index in [1.54, 1.807) is 12.1 Å². The lowest BCUT2D eigenvalue weighted by molar-refractivity contribution is -0.130. The highest BCUT2D eigenvalue weighted by molar-refractivity contribution is 5.89. The lowest BCUT2D eigenvalue weighted by Gasteiger charge is -2.07. The fourth-order valence-corrected chi connectivity index (χ4v) is 2.09. The monoisotopic (exact) mass is 314 g/mol. The highest BCUT2D eigenvalue weighted by atomic mass is 19.1. The van der Waals surface area contributed by atoms with Crippen LogP contribution < -0.4 is 4.74 Å². The Balaban J connectivity index is 2.04. The van der Waals surface area contributed by atoms with Crippen molar-refractivity contribution in [2.75, 3.05) is 13.3 Å². The lowest BCUT2D eigenvalue weighted by Crippen LogP contribution is -2.12. The number of hydrogen-bond acceptors (Lipinski definition) is 3. The van der Waals surface area contributed by atoms with Gasteiger partial charge in [0.2, 0.25) is 0 Å². The van der Waals surface area contributed by atoms with Gasteiger partial charge in [-0.15, -0.1) is 0 Å². The number of carbonyl (C=O) groups excluding carboxylic acids is 1. The van der Waals surface area contributed by atoms with Crippen LogP contribution in [0.2, 0.25) is 0 Å². The van der Waals surface area contributed by atoms with Crippen LogP contribution in [0.4, 0.5) is 4.39 Å². The van der Waals surface area contributed by atoms with Crippen molar-refractivity contribution in [1.82, 2.24) is 0 Å². The van der Waals surface area contributed by atoms with E-state index in [1.165, 1.54) is 0 Å². The summed E-state index contributed by atoms with van der Waals surface area (Å²) >= 11 is 0. The van der Waals surface area contributed by atoms with Gasteiger partial charge >= 0.3 is 5.97 Å². The number of rotatable bonds is 7. The second-order valence-electron chi connectivity index (χ2n) is 5.17. The molecular weight excluding hydrogens is 295 g/mol. The maximum Gasteiger partial charge on any atom is 0.341 e. The molecule has 0 aliphatic carbocycles. The molecule has 0 aliphatic rings. The van der Waals surface area contributed by atoms with Crippen molar-refractivity contribution < 1.29 is 19.0 Å². The van der Waals surface area contributed by atoms with E-state index >= 15 is 0 Å². The summed E-state index contributed by atoms with van der Waals surface area (Å²) in [6, 6.07) is 15.0. The molecule has 4 heteroatoms. The number of benzene rings is 2. The Morgan fingerprint density at radius 3 is 2.13 bits per heavy atom. The van der Waals surface area contributed by atoms with Gasteiger partial charge in [-0.1, -0.05) is 43.0 Å². The Morgan fingerprint density at radius 2 is 1.61 bits per heavy atom. The van der Waals surface area contributed by atoms with Crippen LogP contribution >= 0.6 is 0 Å². The molecule has 0 spiro atoms. The molecule has 0 aromatic heterocycles. The van der Waals surface area contributed by atoms with E-state index < -0.39 is 12.6 Å². The van der Waals surface area contributed by atoms with Crippen LogP contribution in [0, 0.1) is 0 Å². The molecule has 2 aromatic carbocycles. The number of aliphatic hydroxyl groups excluding tert-OH is 1. The number of hydrogen-bond donors (Lipinski definition) is 1. The van der Waals surface area contributed by atoms with Crippen molar-refractivity contribution in [2.45, 2.75) is 12.8 Å². The van der Waals surface area contributed by atoms with E-state index in [2.05, 4.69) is 6.58 Å². The van der Waals surface area contributed by atoms with Crippen molar-refractivity contribution in [1.29, 1.82) is 0 Å². The van der Waals surface area contributed by atoms with Crippen LogP contribution in [0.1, 0.15) is 12.0 Å². The molecule has 0 radical (unpaired) electrons. The molecule has 0 aliphatic heterocycles. The third-order valence-electron chi connectivity index (χ3n) is 3.43. The van der Waals surface area contributed by atoms with Gasteiger partial charge in [0.05, 0.1) is 18.9 Å². The second kappa shape index (κ2) is 8.25. The molecule has 120 valence electrons. The summed E-state index contributed by atoms with van der Waals surface area (Å²) in [5.74, 6) is -0.245. The lowest BCUT2D eigenvalue weighted by atomic mass is 10.0. The largest absolute Gasteiger partial charge is 0.423 e. The van der Waals surface area contributed by atoms with Crippen molar-refractivity contribution >= 4 is 5.97 Å². The molecule has 23 heavy (non-hydrogen) atoms. The van der Waals surface area contributed by atoms with Crippen LogP contribution in [-0.4, -0.2) is 24.4 Å². The summed E-state index contributed by atoms with van der Waals surface area (Å²) in [5, 5.41) is 8.83. The van der Waals surface area contributed by atoms with Crippen molar-refractivity contribution in [2.24, 2.45) is 0 Å². The van der Waals surface area contributed by atoms with Gasteiger partial charge in [-0.3, -0.25) is 4.39 Å². The fraction of sp³-hybridized carbons (Fsp3) is 0.211. The topological polar surface area (TPSA) is 46.5 Å². The normalized spacial score (nSPS) is 10.3. The van der Waals surface area contributed by atoms with Gasteiger partial charge in [0.25, 0.3) is 0 Å². The Hall–Kier alpha value is -2.46. The van der Waals surface area contributed by atoms with Crippen LogP contribution in [0.5, 0.6) is 5.75 Å². The number of ether oxygens (including phenoxy) is 1. The van der Waals surface area contributed by atoms with Gasteiger partial charge < -0.3 is 9.84 Å². The van der Waals surface area contributed by atoms with Crippen molar-refractivity contribution in [3.05, 3.63) is 66.2 Å². The van der Waals surface area contributed by atoms with E-state index in [4.69, 9.17) is 9.84 Å². The average molecular weight is 314 g/mol. The number of aryl methyl sites for hydroxylation is 1. The molecule has 3 nitrogen and oxygen atoms in total. The van der Waals surface area contributed by atoms with Crippen LogP contribution in [0.15, 0.2) is 60.7 Å². The zero-order chi connectivity index (χ0) is 16.7. The van der Waals surface area contributed by atoms with Gasteiger partial charge in [0, 0.05) is 0 Å². The minimum absolute atomic E-state index is 0.0120. The third-order valence-corrected chi connectivity index (χ3v) is 3.43. The molecule has 0 heterocycles. The number of carbonyl (C=O) groups is 1. The first-order valence-corrected chi connectivity index (χ1v) is 7.40. The van der Waals surface area contributed by atoms with E-state index in [0.29, 0.717) is 12.2 Å². The summed E-state index contributed by atoms with van der Waals surface area (Å²) in [4.78, 5) is 11.5. The molecule has 0 fully saturated rings. The minimum atomic E-state index is -0.641. The molecule has 0 saturated carbocycles. The van der Waals surface area contributed by atoms with Crippen LogP contribution in [0.25, 0.3) is 11.1 Å². The fourth-order valence-electron chi connectivity index (χ4n) is 2.09. The SMILES string of the molecule is C=C(CO)C(=O)Oc1ccc(-c2ccc(CCCF)cc2)cc1. The molecule has 2 rings (SSSR count). The van der Waals surface area contributed by atoms with Gasteiger partial charge in [-0.2, -0.15) is 0 Å². The molecule has 0 unspecified atom stereocenters. The first-order chi connectivity index (χ1) is 11.1. The Bertz CT molecular complexity index is 660. The highest BCUT2D eigenvalue weighted by Gasteiger charge is 2.08. The summed E-state index contributed by atoms with van der Waals surface area (Å²) in [7, 11) is 0. The summed E-state index contributed by atoms with van der Waals surface area (Å²) in [5.41, 5.74) is 3.15. The van der Waals surface area contributed by atoms with Crippen LogP contribution in [0.3, 0.4) is 0 Å². The maximum absolute atomic E-state index is 12.2. The van der Waals surface area contributed by atoms with E-state index in [1.807, 2.05) is 36.4 Å². The molecule has 0 bridgehead atoms. The zero-order valence-corrected chi connectivity index (χ0v) is 12.8. The number of alkyl halides is 1. The smallest absolute Gasteiger partial charge is 0.341 e. The molecule has 2 aromatic rings. The second-order valence-corrected chi connectivity index (χ2v) is 5.17. The third kappa shape index (κ3) is 4.76. The highest BCUT2D eigenvalue weighted by Crippen LogP contribution is 2.23. The van der Waals surface area contributed by atoms with Gasteiger partial charge in [0.1, 0.15) is 5.75 Å². The number of aliphatic hydroxyl groups is 1. The maximum atomic E-state index is 12.2. The number of esters is 1. The van der Waals surface area contributed by atoms with Gasteiger partial charge in [-0.25, -0.2) is 4.79 Å². The Labute approximate surface area is 135 Å². The first kappa shape index (κ1) is 16.9. The molecule has 0 amide bonds. The average Bonchev–Trinajstić information content (AvgIpc) is 2.60. The standard InChI is InChI=1S/C19H19FO3/c1-14(13-21)19(22)23-18-10-8-17(9-11-18)16-6-4-15(5-7-16)3-2-12-20/h4-11,21H,1-3,12-13H2. The zero-order valence-electron chi connectivity index (χ0n) is 12.8. The predicted octanol–water partition coefficient (Wildman–Crippen LogP) is 3.71. The molecule has 1 N–H and O–H groups in total. The number of halogens is 1. The van der Waals surface area contributed by atoms with E-state index in [-0.39, 0.29) is 12.2 Å². The van der Waals surface area contributed by atoms with Gasteiger partial charge in [-0.05, 0) is 41.7 Å². The van der Waals surface area contributed by atoms with Crippen molar-refractivity contribution in [3.63, 3.8) is 0 Å². The Kier molecular flexibility index (Phi) is 6.06. The predicted molar refractivity (Wildman–Crippen MR) is 88.0 cm³/mol. The molecule has 0 saturated heterocycles. The Morgan fingerprint density at radius 1 is 1.04 bits per heavy atom. The summed E-state index contributed by atoms with van der Waals surface area (Å²) < 4.78 is 17.3. The first-order valence-electron chi connectivity index (χ1n) is 7.40. The summed E-state index contributed by atoms with van der Waals surface area (Å²) in [6.07, 6.45) is 1.28. The van der Waals surface area contributed by atoms with Gasteiger partial charge in [0.15, 0.2) is 0 Å². The minimum Gasteiger partial charge on any atom is -0.423 e. The van der Waals surface area contributed by atoms with E-state index in [9.17, 15) is 9.18 Å². The summed E-state index contributed by atoms with van der Waals surface area (Å²) in [6.45, 7) is 2.69. The molecular formula is C19H19FO3. The van der Waals surface area contributed by atoms with E-state index in [0.717, 1.165) is 23.1 Å². The quantitative estimate of drug-likeness (QED) is 0.481. The van der Waals surface area contributed by atoms with Crippen LogP contribution in [-0.2, 0) is 11.2 Å². The molecule has 0 atom stereocenters.